The summed E-state index contributed by atoms with van der Waals surface area (Å²) in [7, 11) is 0. The molecule has 0 spiro atoms. The van der Waals surface area contributed by atoms with Gasteiger partial charge in [0, 0.05) is 12.2 Å². The van der Waals surface area contributed by atoms with Crippen LogP contribution in [0.4, 0.5) is 5.82 Å². The summed E-state index contributed by atoms with van der Waals surface area (Å²) in [6, 6.07) is 5.91. The van der Waals surface area contributed by atoms with Gasteiger partial charge in [-0.1, -0.05) is 32.6 Å². The number of hydrogen-bond acceptors (Lipinski definition) is 3. The standard InChI is InChI=1S/C16H23N3/c1-12-3-6-14(7-4-12)9-10-18-16-15(11-17)8-5-13(2)19-16/h5,8,12,14H,3-4,6-7,9-10H2,1-2H3,(H,18,19). The lowest BCUT2D eigenvalue weighted by molar-refractivity contribution is 0.282. The number of anilines is 1. The number of aromatic nitrogens is 1. The van der Waals surface area contributed by atoms with Gasteiger partial charge in [0.25, 0.3) is 0 Å². The van der Waals surface area contributed by atoms with Crippen LogP contribution >= 0.6 is 0 Å². The highest BCUT2D eigenvalue weighted by molar-refractivity contribution is 5.52. The van der Waals surface area contributed by atoms with Crippen LogP contribution in [0.3, 0.4) is 0 Å². The average molecular weight is 257 g/mol. The lowest BCUT2D eigenvalue weighted by Crippen LogP contribution is -2.16. The summed E-state index contributed by atoms with van der Waals surface area (Å²) in [5, 5.41) is 12.4. The van der Waals surface area contributed by atoms with E-state index in [2.05, 4.69) is 23.3 Å². The van der Waals surface area contributed by atoms with Gasteiger partial charge in [-0.05, 0) is 37.3 Å². The van der Waals surface area contributed by atoms with Gasteiger partial charge in [0.15, 0.2) is 0 Å². The predicted octanol–water partition coefficient (Wildman–Crippen LogP) is 3.89. The largest absolute Gasteiger partial charge is 0.369 e. The Labute approximate surface area is 116 Å². The van der Waals surface area contributed by atoms with E-state index in [1.165, 1.54) is 32.1 Å². The van der Waals surface area contributed by atoms with Crippen LogP contribution in [0.25, 0.3) is 0 Å². The van der Waals surface area contributed by atoms with Crippen LogP contribution in [0.2, 0.25) is 0 Å². The highest BCUT2D eigenvalue weighted by Gasteiger charge is 2.17. The summed E-state index contributed by atoms with van der Waals surface area (Å²) in [5.41, 5.74) is 1.59. The quantitative estimate of drug-likeness (QED) is 0.890. The Kier molecular flexibility index (Phi) is 4.79. The molecule has 3 nitrogen and oxygen atoms in total. The van der Waals surface area contributed by atoms with Crippen LogP contribution in [0.15, 0.2) is 12.1 Å². The summed E-state index contributed by atoms with van der Waals surface area (Å²) in [5.74, 6) is 2.50. The lowest BCUT2D eigenvalue weighted by Gasteiger charge is -2.26. The summed E-state index contributed by atoms with van der Waals surface area (Å²) in [6.07, 6.45) is 6.64. The summed E-state index contributed by atoms with van der Waals surface area (Å²) < 4.78 is 0. The minimum absolute atomic E-state index is 0.642. The molecule has 0 atom stereocenters. The molecule has 1 fully saturated rings. The first-order valence-corrected chi connectivity index (χ1v) is 7.30. The van der Waals surface area contributed by atoms with Crippen LogP contribution in [0.5, 0.6) is 0 Å². The Morgan fingerprint density at radius 3 is 2.74 bits per heavy atom. The van der Waals surface area contributed by atoms with E-state index in [9.17, 15) is 0 Å². The monoisotopic (exact) mass is 257 g/mol. The lowest BCUT2D eigenvalue weighted by atomic mass is 9.81. The van der Waals surface area contributed by atoms with Crippen molar-refractivity contribution in [3.05, 3.63) is 23.4 Å². The van der Waals surface area contributed by atoms with Gasteiger partial charge >= 0.3 is 0 Å². The molecule has 1 heterocycles. The van der Waals surface area contributed by atoms with Crippen LogP contribution in [0.1, 0.15) is 50.3 Å². The molecule has 1 N–H and O–H groups in total. The van der Waals surface area contributed by atoms with Crippen molar-refractivity contribution in [2.24, 2.45) is 11.8 Å². The van der Waals surface area contributed by atoms with Gasteiger partial charge < -0.3 is 5.32 Å². The predicted molar refractivity (Wildman–Crippen MR) is 77.9 cm³/mol. The van der Waals surface area contributed by atoms with Gasteiger partial charge in [-0.2, -0.15) is 5.26 Å². The Balaban J connectivity index is 1.83. The SMILES string of the molecule is Cc1ccc(C#N)c(NCCC2CCC(C)CC2)n1. The number of nitrogens with one attached hydrogen (secondary N) is 1. The van der Waals surface area contributed by atoms with Gasteiger partial charge in [-0.3, -0.25) is 0 Å². The Morgan fingerprint density at radius 1 is 1.32 bits per heavy atom. The molecule has 1 aliphatic carbocycles. The second-order valence-corrected chi connectivity index (χ2v) is 5.80. The highest BCUT2D eigenvalue weighted by atomic mass is 15.0. The maximum Gasteiger partial charge on any atom is 0.144 e. The van der Waals surface area contributed by atoms with E-state index >= 15 is 0 Å². The zero-order valence-corrected chi connectivity index (χ0v) is 11.9. The summed E-state index contributed by atoms with van der Waals surface area (Å²) in [6.45, 7) is 5.23. The third kappa shape index (κ3) is 3.96. The van der Waals surface area contributed by atoms with Gasteiger partial charge in [0.1, 0.15) is 11.9 Å². The molecule has 0 unspecified atom stereocenters. The van der Waals surface area contributed by atoms with E-state index in [1.54, 1.807) is 0 Å². The van der Waals surface area contributed by atoms with Crippen LogP contribution < -0.4 is 5.32 Å². The second-order valence-electron chi connectivity index (χ2n) is 5.80. The topological polar surface area (TPSA) is 48.7 Å². The van der Waals surface area contributed by atoms with Crippen molar-refractivity contribution in [1.29, 1.82) is 5.26 Å². The number of nitriles is 1. The molecular formula is C16H23N3. The van der Waals surface area contributed by atoms with Crippen molar-refractivity contribution >= 4 is 5.82 Å². The zero-order chi connectivity index (χ0) is 13.7. The van der Waals surface area contributed by atoms with E-state index in [4.69, 9.17) is 5.26 Å². The molecule has 1 aromatic rings. The minimum Gasteiger partial charge on any atom is -0.369 e. The van der Waals surface area contributed by atoms with E-state index in [1.807, 2.05) is 19.1 Å². The van der Waals surface area contributed by atoms with Gasteiger partial charge in [0.05, 0.1) is 5.56 Å². The third-order valence-corrected chi connectivity index (χ3v) is 4.14. The first-order valence-electron chi connectivity index (χ1n) is 7.30. The van der Waals surface area contributed by atoms with Gasteiger partial charge in [-0.15, -0.1) is 0 Å². The molecule has 0 aromatic carbocycles. The molecule has 0 bridgehead atoms. The number of hydrogen-bond donors (Lipinski definition) is 1. The van der Waals surface area contributed by atoms with E-state index < -0.39 is 0 Å². The fraction of sp³-hybridized carbons (Fsp3) is 0.625. The van der Waals surface area contributed by atoms with Crippen molar-refractivity contribution < 1.29 is 0 Å². The zero-order valence-electron chi connectivity index (χ0n) is 11.9. The molecule has 19 heavy (non-hydrogen) atoms. The first-order chi connectivity index (χ1) is 9.19. The fourth-order valence-corrected chi connectivity index (χ4v) is 2.79. The number of rotatable bonds is 4. The number of aryl methyl sites for hydroxylation is 1. The molecule has 0 amide bonds. The smallest absolute Gasteiger partial charge is 0.144 e. The van der Waals surface area contributed by atoms with Crippen LogP contribution in [0, 0.1) is 30.1 Å². The van der Waals surface area contributed by atoms with Crippen molar-refractivity contribution in [3.63, 3.8) is 0 Å². The molecule has 3 heteroatoms. The Hall–Kier alpha value is -1.56. The normalized spacial score (nSPS) is 22.8. The summed E-state index contributed by atoms with van der Waals surface area (Å²) in [4.78, 5) is 4.41. The Morgan fingerprint density at radius 2 is 2.05 bits per heavy atom. The van der Waals surface area contributed by atoms with Crippen molar-refractivity contribution in [2.75, 3.05) is 11.9 Å². The van der Waals surface area contributed by atoms with Gasteiger partial charge in [-0.25, -0.2) is 4.98 Å². The molecule has 1 aliphatic rings. The average Bonchev–Trinajstić information content (AvgIpc) is 2.41. The van der Waals surface area contributed by atoms with Crippen molar-refractivity contribution in [3.8, 4) is 6.07 Å². The summed E-state index contributed by atoms with van der Waals surface area (Å²) >= 11 is 0. The maximum absolute atomic E-state index is 9.06. The third-order valence-electron chi connectivity index (χ3n) is 4.14. The molecule has 1 saturated carbocycles. The highest BCUT2D eigenvalue weighted by Crippen LogP contribution is 2.30. The first kappa shape index (κ1) is 13.9. The molecule has 2 rings (SSSR count). The van der Waals surface area contributed by atoms with Crippen LogP contribution in [-0.4, -0.2) is 11.5 Å². The van der Waals surface area contributed by atoms with Crippen LogP contribution in [-0.2, 0) is 0 Å². The second kappa shape index (κ2) is 6.56. The number of pyridine rings is 1. The molecule has 0 aliphatic heterocycles. The van der Waals surface area contributed by atoms with Gasteiger partial charge in [0.2, 0.25) is 0 Å². The fourth-order valence-electron chi connectivity index (χ4n) is 2.79. The Bertz CT molecular complexity index is 454. The molecular weight excluding hydrogens is 234 g/mol. The minimum atomic E-state index is 0.642. The van der Waals surface area contributed by atoms with E-state index in [0.717, 1.165) is 29.9 Å². The van der Waals surface area contributed by atoms with E-state index in [-0.39, 0.29) is 0 Å². The van der Waals surface area contributed by atoms with E-state index in [0.29, 0.717) is 5.56 Å². The maximum atomic E-state index is 9.06. The molecule has 0 saturated heterocycles. The van der Waals surface area contributed by atoms with Crippen molar-refractivity contribution in [2.45, 2.75) is 46.0 Å². The molecule has 1 aromatic heterocycles. The molecule has 0 radical (unpaired) electrons. The van der Waals surface area contributed by atoms with Crippen molar-refractivity contribution in [1.82, 2.24) is 4.98 Å². The molecule has 102 valence electrons. The number of nitrogens with zero attached hydrogens (tertiary/aromatic N) is 2.